The van der Waals surface area contributed by atoms with Gasteiger partial charge in [0.25, 0.3) is 0 Å². The third-order valence-electron chi connectivity index (χ3n) is 3.76. The van der Waals surface area contributed by atoms with Crippen LogP contribution in [0.15, 0.2) is 55.8 Å². The zero-order chi connectivity index (χ0) is 12.3. The molecule has 1 heterocycles. The average Bonchev–Trinajstić information content (AvgIpc) is 2.66. The number of allylic oxidation sites excluding steroid dienone is 2. The molecule has 0 aliphatic heterocycles. The van der Waals surface area contributed by atoms with Crippen LogP contribution >= 0.6 is 0 Å². The molecule has 84 valence electrons. The van der Waals surface area contributed by atoms with Crippen molar-refractivity contribution in [1.82, 2.24) is 4.98 Å². The second-order valence-electron chi connectivity index (χ2n) is 4.68. The molecule has 0 spiro atoms. The number of nitrogens with zero attached hydrogens (tertiary/aromatic N) is 1. The molecule has 0 unspecified atom stereocenters. The third-order valence-corrected chi connectivity index (χ3v) is 3.76. The van der Waals surface area contributed by atoms with Crippen LogP contribution in [-0.2, 0) is 0 Å². The summed E-state index contributed by atoms with van der Waals surface area (Å²) in [6.45, 7) is 8.30. The van der Waals surface area contributed by atoms with E-state index in [-0.39, 0.29) is 0 Å². The van der Waals surface area contributed by atoms with E-state index in [4.69, 9.17) is 0 Å². The van der Waals surface area contributed by atoms with Gasteiger partial charge >= 0.3 is 0 Å². The van der Waals surface area contributed by atoms with Crippen LogP contribution in [0.4, 0.5) is 0 Å². The molecule has 1 aliphatic carbocycles. The summed E-state index contributed by atoms with van der Waals surface area (Å²) in [5.74, 6) is 0. The van der Waals surface area contributed by atoms with Gasteiger partial charge in [-0.3, -0.25) is 4.98 Å². The Labute approximate surface area is 105 Å². The SMILES string of the molecule is C=C1C(=C)c2cc3ncccc3c3cccc1c23. The van der Waals surface area contributed by atoms with Crippen molar-refractivity contribution in [3.05, 3.63) is 66.9 Å². The minimum atomic E-state index is 1.02. The first-order chi connectivity index (χ1) is 8.77. The summed E-state index contributed by atoms with van der Waals surface area (Å²) >= 11 is 0. The summed E-state index contributed by atoms with van der Waals surface area (Å²) in [4.78, 5) is 4.45. The maximum absolute atomic E-state index is 4.45. The lowest BCUT2D eigenvalue weighted by molar-refractivity contribution is 1.42. The fourth-order valence-electron chi connectivity index (χ4n) is 2.85. The van der Waals surface area contributed by atoms with Crippen molar-refractivity contribution < 1.29 is 0 Å². The molecule has 1 heteroatoms. The van der Waals surface area contributed by atoms with Crippen molar-refractivity contribution >= 4 is 32.8 Å². The molecular formula is C17H11N. The lowest BCUT2D eigenvalue weighted by Crippen LogP contribution is -1.84. The number of hydrogen-bond acceptors (Lipinski definition) is 1. The molecule has 0 amide bonds. The quantitative estimate of drug-likeness (QED) is 0.520. The minimum absolute atomic E-state index is 1.02. The molecule has 18 heavy (non-hydrogen) atoms. The van der Waals surface area contributed by atoms with Crippen molar-refractivity contribution in [2.24, 2.45) is 0 Å². The van der Waals surface area contributed by atoms with Crippen LogP contribution in [0.5, 0.6) is 0 Å². The van der Waals surface area contributed by atoms with Gasteiger partial charge in [-0.25, -0.2) is 0 Å². The Morgan fingerprint density at radius 2 is 1.61 bits per heavy atom. The summed E-state index contributed by atoms with van der Waals surface area (Å²) in [6.07, 6.45) is 1.83. The summed E-state index contributed by atoms with van der Waals surface area (Å²) in [5.41, 5.74) is 5.46. The van der Waals surface area contributed by atoms with Crippen molar-refractivity contribution in [2.45, 2.75) is 0 Å². The summed E-state index contributed by atoms with van der Waals surface area (Å²) in [5, 5.41) is 3.71. The number of fused-ring (bicyclic) bond motifs is 2. The van der Waals surface area contributed by atoms with E-state index in [0.29, 0.717) is 0 Å². The van der Waals surface area contributed by atoms with Crippen LogP contribution in [0.25, 0.3) is 32.8 Å². The Morgan fingerprint density at radius 3 is 2.50 bits per heavy atom. The number of rotatable bonds is 0. The van der Waals surface area contributed by atoms with Crippen molar-refractivity contribution in [3.8, 4) is 0 Å². The summed E-state index contributed by atoms with van der Waals surface area (Å²) in [7, 11) is 0. The van der Waals surface area contributed by atoms with Crippen LogP contribution in [0, 0.1) is 0 Å². The highest BCUT2D eigenvalue weighted by Crippen LogP contribution is 2.45. The maximum Gasteiger partial charge on any atom is 0.0714 e. The number of aromatic nitrogens is 1. The molecule has 0 saturated carbocycles. The van der Waals surface area contributed by atoms with Gasteiger partial charge < -0.3 is 0 Å². The van der Waals surface area contributed by atoms with Crippen LogP contribution in [-0.4, -0.2) is 4.98 Å². The fourth-order valence-corrected chi connectivity index (χ4v) is 2.85. The Bertz CT molecular complexity index is 856. The molecule has 0 saturated heterocycles. The predicted molar refractivity (Wildman–Crippen MR) is 77.3 cm³/mol. The zero-order valence-electron chi connectivity index (χ0n) is 9.90. The molecule has 1 aromatic heterocycles. The molecule has 0 radical (unpaired) electrons. The number of hydrogen-bond donors (Lipinski definition) is 0. The molecule has 4 rings (SSSR count). The largest absolute Gasteiger partial charge is 0.256 e. The molecule has 0 N–H and O–H groups in total. The lowest BCUT2D eigenvalue weighted by atomic mass is 10.00. The van der Waals surface area contributed by atoms with Gasteiger partial charge in [-0.05, 0) is 45.2 Å². The van der Waals surface area contributed by atoms with Crippen LogP contribution in [0.3, 0.4) is 0 Å². The molecule has 1 nitrogen and oxygen atoms in total. The Morgan fingerprint density at radius 1 is 0.833 bits per heavy atom. The lowest BCUT2D eigenvalue weighted by Gasteiger charge is -2.05. The van der Waals surface area contributed by atoms with Crippen molar-refractivity contribution in [2.75, 3.05) is 0 Å². The van der Waals surface area contributed by atoms with Crippen molar-refractivity contribution in [3.63, 3.8) is 0 Å². The van der Waals surface area contributed by atoms with E-state index in [9.17, 15) is 0 Å². The Balaban J connectivity index is 2.37. The smallest absolute Gasteiger partial charge is 0.0714 e. The van der Waals surface area contributed by atoms with Crippen LogP contribution in [0.2, 0.25) is 0 Å². The van der Waals surface area contributed by atoms with E-state index >= 15 is 0 Å². The highest BCUT2D eigenvalue weighted by molar-refractivity contribution is 6.25. The summed E-state index contributed by atoms with van der Waals surface area (Å²) in [6, 6.07) is 12.6. The second kappa shape index (κ2) is 3.08. The summed E-state index contributed by atoms with van der Waals surface area (Å²) < 4.78 is 0. The van der Waals surface area contributed by atoms with Crippen molar-refractivity contribution in [1.29, 1.82) is 0 Å². The molecule has 0 fully saturated rings. The zero-order valence-corrected chi connectivity index (χ0v) is 9.90. The third kappa shape index (κ3) is 0.992. The van der Waals surface area contributed by atoms with Gasteiger partial charge in [0.05, 0.1) is 5.52 Å². The standard InChI is InChI=1S/C17H11N/c1-10-11(2)15-9-16-13(7-4-8-18-16)14-6-3-5-12(10)17(14)15/h3-9H,1-2H2. The van der Waals surface area contributed by atoms with E-state index in [0.717, 1.165) is 16.7 Å². The minimum Gasteiger partial charge on any atom is -0.256 e. The van der Waals surface area contributed by atoms with Crippen LogP contribution < -0.4 is 0 Å². The number of benzene rings is 2. The normalized spacial score (nSPS) is 13.8. The highest BCUT2D eigenvalue weighted by Gasteiger charge is 2.22. The first-order valence-corrected chi connectivity index (χ1v) is 5.97. The van der Waals surface area contributed by atoms with E-state index < -0.39 is 0 Å². The van der Waals surface area contributed by atoms with Gasteiger partial charge in [0.1, 0.15) is 0 Å². The molecule has 3 aromatic rings. The highest BCUT2D eigenvalue weighted by atomic mass is 14.6. The Kier molecular flexibility index (Phi) is 1.64. The predicted octanol–water partition coefficient (Wildman–Crippen LogP) is 4.43. The van der Waals surface area contributed by atoms with E-state index in [1.54, 1.807) is 0 Å². The van der Waals surface area contributed by atoms with Gasteiger partial charge in [0.2, 0.25) is 0 Å². The molecule has 0 atom stereocenters. The number of pyridine rings is 1. The average molecular weight is 229 g/mol. The van der Waals surface area contributed by atoms with Gasteiger partial charge in [0, 0.05) is 11.6 Å². The second-order valence-corrected chi connectivity index (χ2v) is 4.68. The fraction of sp³-hybridized carbons (Fsp3) is 0. The first-order valence-electron chi connectivity index (χ1n) is 5.97. The first kappa shape index (κ1) is 9.60. The topological polar surface area (TPSA) is 12.9 Å². The molecule has 2 aromatic carbocycles. The van der Waals surface area contributed by atoms with Gasteiger partial charge in [-0.1, -0.05) is 37.4 Å². The molecule has 0 bridgehead atoms. The Hall–Kier alpha value is -2.41. The molecule has 1 aliphatic rings. The van der Waals surface area contributed by atoms with Gasteiger partial charge in [-0.15, -0.1) is 0 Å². The van der Waals surface area contributed by atoms with Crippen LogP contribution in [0.1, 0.15) is 11.1 Å². The monoisotopic (exact) mass is 229 g/mol. The van der Waals surface area contributed by atoms with E-state index in [2.05, 4.69) is 48.5 Å². The maximum atomic E-state index is 4.45. The van der Waals surface area contributed by atoms with Gasteiger partial charge in [-0.2, -0.15) is 0 Å². The van der Waals surface area contributed by atoms with E-state index in [1.807, 2.05) is 12.3 Å². The molecular weight excluding hydrogens is 218 g/mol. The van der Waals surface area contributed by atoms with E-state index in [1.165, 1.54) is 27.3 Å². The van der Waals surface area contributed by atoms with Gasteiger partial charge in [0.15, 0.2) is 0 Å².